The molecule has 0 amide bonds. The van der Waals surface area contributed by atoms with E-state index in [4.69, 9.17) is 26.1 Å². The van der Waals surface area contributed by atoms with Gasteiger partial charge in [-0.3, -0.25) is 0 Å². The maximum absolute atomic E-state index is 6.33. The third-order valence-corrected chi connectivity index (χ3v) is 8.70. The Hall–Kier alpha value is -2.28. The zero-order chi connectivity index (χ0) is 27.0. The number of hydrogen-bond acceptors (Lipinski definition) is 5. The van der Waals surface area contributed by atoms with E-state index in [0.29, 0.717) is 18.2 Å². The molecule has 212 valence electrons. The summed E-state index contributed by atoms with van der Waals surface area (Å²) in [6, 6.07) is 13.9. The van der Waals surface area contributed by atoms with Gasteiger partial charge in [-0.1, -0.05) is 24.6 Å². The molecule has 39 heavy (non-hydrogen) atoms. The van der Waals surface area contributed by atoms with Crippen LogP contribution in [-0.4, -0.2) is 65.7 Å². The second-order valence-electron chi connectivity index (χ2n) is 11.7. The highest BCUT2D eigenvalue weighted by Gasteiger charge is 2.19. The van der Waals surface area contributed by atoms with E-state index in [1.807, 2.05) is 24.3 Å². The maximum atomic E-state index is 6.33. The Kier molecular flexibility index (Phi) is 10.0. The minimum Gasteiger partial charge on any atom is -0.491 e. The molecule has 0 saturated carbocycles. The Morgan fingerprint density at radius 1 is 0.949 bits per heavy atom. The Labute approximate surface area is 239 Å². The molecule has 2 saturated heterocycles. The largest absolute Gasteiger partial charge is 0.491 e. The normalized spacial score (nSPS) is 19.5. The van der Waals surface area contributed by atoms with Crippen LogP contribution in [0, 0.1) is 11.8 Å². The van der Waals surface area contributed by atoms with Crippen molar-refractivity contribution in [3.63, 3.8) is 0 Å². The van der Waals surface area contributed by atoms with Gasteiger partial charge in [0.05, 0.1) is 12.1 Å². The van der Waals surface area contributed by atoms with E-state index in [1.165, 1.54) is 58.3 Å². The molecule has 1 atom stereocenters. The van der Waals surface area contributed by atoms with Crippen molar-refractivity contribution >= 4 is 22.6 Å². The standard InChI is InChI=1S/C32H45ClN4O2/c1-25-7-4-17-36(23-25)18-6-22-38-30-10-3-9-29-32(30)34-31(24-39-28-13-11-27(33)12-14-28)37(29)19-5-8-26-15-20-35(2)21-16-26/h3,9-14,25-26H,4-8,15-24H2,1-2H3. The fourth-order valence-electron chi connectivity index (χ4n) is 6.17. The minimum atomic E-state index is 0.414. The third kappa shape index (κ3) is 7.90. The van der Waals surface area contributed by atoms with E-state index in [-0.39, 0.29) is 0 Å². The van der Waals surface area contributed by atoms with Crippen LogP contribution in [-0.2, 0) is 13.2 Å². The SMILES string of the molecule is CC1CCCN(CCCOc2cccc3c2nc(COc2ccc(Cl)cc2)n3CCCC2CCN(C)CC2)C1. The average molecular weight is 553 g/mol. The number of fused-ring (bicyclic) bond motifs is 1. The van der Waals surface area contributed by atoms with Gasteiger partial charge in [-0.2, -0.15) is 0 Å². The smallest absolute Gasteiger partial charge is 0.148 e. The monoisotopic (exact) mass is 552 g/mol. The van der Waals surface area contributed by atoms with Crippen LogP contribution in [0.4, 0.5) is 0 Å². The molecule has 3 aromatic rings. The van der Waals surface area contributed by atoms with Gasteiger partial charge in [0.1, 0.15) is 29.4 Å². The lowest BCUT2D eigenvalue weighted by atomic mass is 9.92. The van der Waals surface area contributed by atoms with Crippen molar-refractivity contribution in [1.82, 2.24) is 19.4 Å². The summed E-state index contributed by atoms with van der Waals surface area (Å²) in [6.07, 6.45) is 8.73. The number of rotatable bonds is 12. The van der Waals surface area contributed by atoms with Crippen LogP contribution in [0.2, 0.25) is 5.02 Å². The zero-order valence-electron chi connectivity index (χ0n) is 23.8. The van der Waals surface area contributed by atoms with Crippen molar-refractivity contribution < 1.29 is 9.47 Å². The first-order chi connectivity index (χ1) is 19.0. The first-order valence-electron chi connectivity index (χ1n) is 15.0. The Morgan fingerprint density at radius 2 is 1.77 bits per heavy atom. The fourth-order valence-corrected chi connectivity index (χ4v) is 6.30. The lowest BCUT2D eigenvalue weighted by molar-refractivity contribution is 0.170. The predicted octanol–water partition coefficient (Wildman–Crippen LogP) is 6.89. The van der Waals surface area contributed by atoms with Crippen LogP contribution in [0.1, 0.15) is 57.7 Å². The van der Waals surface area contributed by atoms with Gasteiger partial charge in [0.2, 0.25) is 0 Å². The van der Waals surface area contributed by atoms with Crippen molar-refractivity contribution in [2.24, 2.45) is 11.8 Å². The van der Waals surface area contributed by atoms with Gasteiger partial charge in [0, 0.05) is 24.7 Å². The molecular weight excluding hydrogens is 508 g/mol. The third-order valence-electron chi connectivity index (χ3n) is 8.45. The van der Waals surface area contributed by atoms with Crippen LogP contribution in [0.3, 0.4) is 0 Å². The highest BCUT2D eigenvalue weighted by Crippen LogP contribution is 2.29. The molecule has 7 heteroatoms. The van der Waals surface area contributed by atoms with Gasteiger partial charge in [0.15, 0.2) is 0 Å². The van der Waals surface area contributed by atoms with Gasteiger partial charge < -0.3 is 23.8 Å². The fraction of sp³-hybridized carbons (Fsp3) is 0.594. The molecule has 2 aliphatic heterocycles. The molecule has 0 N–H and O–H groups in total. The van der Waals surface area contributed by atoms with Gasteiger partial charge >= 0.3 is 0 Å². The Balaban J connectivity index is 1.25. The molecule has 0 spiro atoms. The number of hydrogen-bond donors (Lipinski definition) is 0. The molecule has 6 nitrogen and oxygen atoms in total. The average Bonchev–Trinajstić information content (AvgIpc) is 3.30. The van der Waals surface area contributed by atoms with Crippen molar-refractivity contribution in [2.45, 2.75) is 65.0 Å². The number of likely N-dealkylation sites (tertiary alicyclic amines) is 2. The highest BCUT2D eigenvalue weighted by molar-refractivity contribution is 6.30. The molecular formula is C32H45ClN4O2. The molecule has 0 radical (unpaired) electrons. The first-order valence-corrected chi connectivity index (χ1v) is 15.3. The van der Waals surface area contributed by atoms with Crippen LogP contribution in [0.5, 0.6) is 11.5 Å². The first kappa shape index (κ1) is 28.3. The number of benzene rings is 2. The molecule has 1 unspecified atom stereocenters. The van der Waals surface area contributed by atoms with Crippen molar-refractivity contribution in [2.75, 3.05) is 46.4 Å². The molecule has 2 aromatic carbocycles. The number of aryl methyl sites for hydroxylation is 1. The predicted molar refractivity (Wildman–Crippen MR) is 160 cm³/mol. The number of aromatic nitrogens is 2. The van der Waals surface area contributed by atoms with E-state index in [2.05, 4.69) is 46.5 Å². The number of halogens is 1. The molecule has 0 aliphatic carbocycles. The summed E-state index contributed by atoms with van der Waals surface area (Å²) in [5.74, 6) is 4.26. The lowest BCUT2D eigenvalue weighted by Crippen LogP contribution is -2.35. The summed E-state index contributed by atoms with van der Waals surface area (Å²) in [6.45, 7) is 10.4. The molecule has 0 bridgehead atoms. The van der Waals surface area contributed by atoms with E-state index in [1.54, 1.807) is 0 Å². The van der Waals surface area contributed by atoms with Crippen molar-refractivity contribution in [1.29, 1.82) is 0 Å². The second kappa shape index (κ2) is 13.9. The van der Waals surface area contributed by atoms with Gasteiger partial charge in [0.25, 0.3) is 0 Å². The van der Waals surface area contributed by atoms with Gasteiger partial charge in [-0.15, -0.1) is 0 Å². The Bertz CT molecular complexity index is 1170. The van der Waals surface area contributed by atoms with E-state index in [0.717, 1.165) is 66.1 Å². The Morgan fingerprint density at radius 3 is 2.56 bits per heavy atom. The van der Waals surface area contributed by atoms with E-state index in [9.17, 15) is 0 Å². The lowest BCUT2D eigenvalue weighted by Gasteiger charge is -2.30. The zero-order valence-corrected chi connectivity index (χ0v) is 24.5. The summed E-state index contributed by atoms with van der Waals surface area (Å²) in [5, 5.41) is 0.708. The summed E-state index contributed by atoms with van der Waals surface area (Å²) < 4.78 is 14.8. The van der Waals surface area contributed by atoms with Gasteiger partial charge in [-0.25, -0.2) is 4.98 Å². The van der Waals surface area contributed by atoms with Gasteiger partial charge in [-0.05, 0) is 120 Å². The summed E-state index contributed by atoms with van der Waals surface area (Å²) >= 11 is 6.07. The summed E-state index contributed by atoms with van der Waals surface area (Å²) in [4.78, 5) is 10.1. The number of piperidine rings is 2. The topological polar surface area (TPSA) is 42.8 Å². The minimum absolute atomic E-state index is 0.414. The highest BCUT2D eigenvalue weighted by atomic mass is 35.5. The molecule has 5 rings (SSSR count). The molecule has 1 aromatic heterocycles. The molecule has 2 fully saturated rings. The summed E-state index contributed by atoms with van der Waals surface area (Å²) in [7, 11) is 2.23. The van der Waals surface area contributed by atoms with E-state index >= 15 is 0 Å². The quantitative estimate of drug-likeness (QED) is 0.229. The second-order valence-corrected chi connectivity index (χ2v) is 12.1. The maximum Gasteiger partial charge on any atom is 0.148 e. The van der Waals surface area contributed by atoms with Crippen LogP contribution >= 0.6 is 11.6 Å². The molecule has 3 heterocycles. The van der Waals surface area contributed by atoms with Crippen molar-refractivity contribution in [3.8, 4) is 11.5 Å². The molecule has 2 aliphatic rings. The number of nitrogens with zero attached hydrogens (tertiary/aromatic N) is 4. The van der Waals surface area contributed by atoms with Crippen LogP contribution < -0.4 is 9.47 Å². The van der Waals surface area contributed by atoms with Crippen LogP contribution in [0.15, 0.2) is 42.5 Å². The number of ether oxygens (including phenoxy) is 2. The summed E-state index contributed by atoms with van der Waals surface area (Å²) in [5.41, 5.74) is 2.08. The number of para-hydroxylation sites is 1. The van der Waals surface area contributed by atoms with E-state index < -0.39 is 0 Å². The van der Waals surface area contributed by atoms with Crippen molar-refractivity contribution in [3.05, 3.63) is 53.3 Å². The number of imidazole rings is 1. The van der Waals surface area contributed by atoms with Crippen LogP contribution in [0.25, 0.3) is 11.0 Å².